The molecule has 1 N–H and O–H groups in total. The number of rotatable bonds is 3. The molecule has 1 aromatic heterocycles. The number of benzene rings is 1. The number of carbonyl (C=O) groups is 1. The van der Waals surface area contributed by atoms with Crippen molar-refractivity contribution in [1.82, 2.24) is 4.98 Å². The summed E-state index contributed by atoms with van der Waals surface area (Å²) in [6.07, 6.45) is -0.172. The van der Waals surface area contributed by atoms with E-state index in [0.717, 1.165) is 0 Å². The van der Waals surface area contributed by atoms with Gasteiger partial charge in [-0.3, -0.25) is 4.79 Å². The highest BCUT2D eigenvalue weighted by molar-refractivity contribution is 6.37. The van der Waals surface area contributed by atoms with E-state index in [1.54, 1.807) is 30.3 Å². The fraction of sp³-hybridized carbons (Fsp3) is 0.0769. The van der Waals surface area contributed by atoms with E-state index in [-0.39, 0.29) is 11.6 Å². The molecule has 0 fully saturated rings. The number of halogens is 3. The van der Waals surface area contributed by atoms with Gasteiger partial charge in [0.15, 0.2) is 0 Å². The maximum atomic E-state index is 10.6. The fourth-order valence-electron chi connectivity index (χ4n) is 1.63. The quantitative estimate of drug-likeness (QED) is 0.857. The first-order valence-electron chi connectivity index (χ1n) is 5.30. The second-order valence-corrected chi connectivity index (χ2v) is 5.04. The lowest BCUT2D eigenvalue weighted by Crippen LogP contribution is -2.02. The number of hydrogen-bond acceptors (Lipinski definition) is 2. The summed E-state index contributed by atoms with van der Waals surface area (Å²) >= 11 is 18.0. The third kappa shape index (κ3) is 3.38. The molecule has 0 bridgehead atoms. The third-order valence-corrected chi connectivity index (χ3v) is 3.30. The van der Waals surface area contributed by atoms with E-state index in [9.17, 15) is 4.79 Å². The first-order valence-corrected chi connectivity index (χ1v) is 6.43. The number of carboxylic acid groups (broad SMARTS) is 1. The molecule has 19 heavy (non-hydrogen) atoms. The number of aliphatic carboxylic acids is 1. The van der Waals surface area contributed by atoms with Gasteiger partial charge >= 0.3 is 5.97 Å². The first kappa shape index (κ1) is 14.1. The van der Waals surface area contributed by atoms with Crippen LogP contribution in [0.3, 0.4) is 0 Å². The van der Waals surface area contributed by atoms with Gasteiger partial charge in [0.2, 0.25) is 0 Å². The highest BCUT2D eigenvalue weighted by Gasteiger charge is 2.11. The lowest BCUT2D eigenvalue weighted by atomic mass is 10.1. The number of pyridine rings is 1. The molecule has 0 radical (unpaired) electrons. The zero-order valence-electron chi connectivity index (χ0n) is 9.53. The minimum absolute atomic E-state index is 0.172. The summed E-state index contributed by atoms with van der Waals surface area (Å²) in [5.41, 5.74) is 1.73. The summed E-state index contributed by atoms with van der Waals surface area (Å²) < 4.78 is 0. The molecule has 2 rings (SSSR count). The van der Waals surface area contributed by atoms with E-state index in [0.29, 0.717) is 26.9 Å². The third-order valence-electron chi connectivity index (χ3n) is 2.46. The Bertz CT molecular complexity index is 644. The standard InChI is InChI=1S/C13H8Cl3NO2/c14-7-1-3-9(11(15)5-7)10-4-2-8(6-12(18)19)17-13(10)16/h1-5H,6H2,(H,18,19). The minimum Gasteiger partial charge on any atom is -0.481 e. The van der Waals surface area contributed by atoms with Gasteiger partial charge in [0.1, 0.15) is 5.15 Å². The van der Waals surface area contributed by atoms with Gasteiger partial charge in [0.25, 0.3) is 0 Å². The average Bonchev–Trinajstić information content (AvgIpc) is 2.30. The maximum Gasteiger partial charge on any atom is 0.309 e. The Hall–Kier alpha value is -1.29. The maximum absolute atomic E-state index is 10.6. The van der Waals surface area contributed by atoms with Crippen molar-refractivity contribution in [1.29, 1.82) is 0 Å². The molecule has 6 heteroatoms. The van der Waals surface area contributed by atoms with Crippen LogP contribution < -0.4 is 0 Å². The second-order valence-electron chi connectivity index (χ2n) is 3.84. The number of nitrogens with zero attached hydrogens (tertiary/aromatic N) is 1. The summed E-state index contributed by atoms with van der Waals surface area (Å²) in [6, 6.07) is 8.36. The summed E-state index contributed by atoms with van der Waals surface area (Å²) in [6.45, 7) is 0. The van der Waals surface area contributed by atoms with Crippen LogP contribution in [0.25, 0.3) is 11.1 Å². The number of hydrogen-bond donors (Lipinski definition) is 1. The highest BCUT2D eigenvalue weighted by Crippen LogP contribution is 2.34. The molecule has 98 valence electrons. The van der Waals surface area contributed by atoms with Gasteiger partial charge in [0, 0.05) is 21.2 Å². The van der Waals surface area contributed by atoms with Crippen molar-refractivity contribution in [3.05, 3.63) is 51.2 Å². The SMILES string of the molecule is O=C(O)Cc1ccc(-c2ccc(Cl)cc2Cl)c(Cl)n1. The van der Waals surface area contributed by atoms with E-state index >= 15 is 0 Å². The van der Waals surface area contributed by atoms with Crippen molar-refractivity contribution in [2.75, 3.05) is 0 Å². The van der Waals surface area contributed by atoms with Crippen molar-refractivity contribution >= 4 is 40.8 Å². The molecular formula is C13H8Cl3NO2. The molecule has 0 atom stereocenters. The lowest BCUT2D eigenvalue weighted by Gasteiger charge is -2.08. The van der Waals surface area contributed by atoms with Crippen LogP contribution in [0.2, 0.25) is 15.2 Å². The largest absolute Gasteiger partial charge is 0.481 e. The van der Waals surface area contributed by atoms with Crippen LogP contribution in [0.15, 0.2) is 30.3 Å². The Labute approximate surface area is 124 Å². The minimum atomic E-state index is -0.958. The normalized spacial score (nSPS) is 10.5. The lowest BCUT2D eigenvalue weighted by molar-refractivity contribution is -0.136. The van der Waals surface area contributed by atoms with Gasteiger partial charge in [-0.1, -0.05) is 40.9 Å². The average molecular weight is 317 g/mol. The highest BCUT2D eigenvalue weighted by atomic mass is 35.5. The molecule has 0 spiro atoms. The van der Waals surface area contributed by atoms with Gasteiger partial charge in [-0.15, -0.1) is 0 Å². The molecule has 2 aromatic rings. The van der Waals surface area contributed by atoms with Crippen LogP contribution in [0.4, 0.5) is 0 Å². The Morgan fingerprint density at radius 2 is 1.79 bits per heavy atom. The fourth-order valence-corrected chi connectivity index (χ4v) is 2.42. The van der Waals surface area contributed by atoms with Crippen molar-refractivity contribution in [2.24, 2.45) is 0 Å². The van der Waals surface area contributed by atoms with Crippen LogP contribution in [-0.2, 0) is 11.2 Å². The monoisotopic (exact) mass is 315 g/mol. The van der Waals surface area contributed by atoms with Crippen molar-refractivity contribution < 1.29 is 9.90 Å². The van der Waals surface area contributed by atoms with Gasteiger partial charge in [-0.25, -0.2) is 4.98 Å². The summed E-state index contributed by atoms with van der Waals surface area (Å²) in [5, 5.41) is 9.90. The van der Waals surface area contributed by atoms with Crippen LogP contribution in [0.1, 0.15) is 5.69 Å². The van der Waals surface area contributed by atoms with E-state index in [1.807, 2.05) is 0 Å². The summed E-state index contributed by atoms with van der Waals surface area (Å²) in [5.74, 6) is -0.958. The Morgan fingerprint density at radius 3 is 2.37 bits per heavy atom. The molecule has 0 aliphatic carbocycles. The van der Waals surface area contributed by atoms with Gasteiger partial charge in [0.05, 0.1) is 12.1 Å². The molecule has 0 saturated heterocycles. The van der Waals surface area contributed by atoms with Crippen LogP contribution in [-0.4, -0.2) is 16.1 Å². The molecule has 3 nitrogen and oxygen atoms in total. The summed E-state index contributed by atoms with van der Waals surface area (Å²) in [4.78, 5) is 14.7. The van der Waals surface area contributed by atoms with Crippen LogP contribution in [0, 0.1) is 0 Å². The Morgan fingerprint density at radius 1 is 1.11 bits per heavy atom. The van der Waals surface area contributed by atoms with Gasteiger partial charge < -0.3 is 5.11 Å². The molecule has 0 saturated carbocycles. The topological polar surface area (TPSA) is 50.2 Å². The molecule has 0 unspecified atom stereocenters. The second kappa shape index (κ2) is 5.78. The molecule has 0 aliphatic heterocycles. The van der Waals surface area contributed by atoms with Crippen LogP contribution in [0.5, 0.6) is 0 Å². The number of carboxylic acids is 1. The zero-order valence-corrected chi connectivity index (χ0v) is 11.8. The molecule has 0 amide bonds. The van der Waals surface area contributed by atoms with Gasteiger partial charge in [-0.05, 0) is 24.3 Å². The van der Waals surface area contributed by atoms with E-state index in [4.69, 9.17) is 39.9 Å². The first-order chi connectivity index (χ1) is 8.97. The zero-order chi connectivity index (χ0) is 14.0. The Kier molecular flexibility index (Phi) is 4.30. The summed E-state index contributed by atoms with van der Waals surface area (Å²) in [7, 11) is 0. The molecule has 1 aromatic carbocycles. The van der Waals surface area contributed by atoms with E-state index in [1.165, 1.54) is 0 Å². The number of aromatic nitrogens is 1. The van der Waals surface area contributed by atoms with Gasteiger partial charge in [-0.2, -0.15) is 0 Å². The van der Waals surface area contributed by atoms with E-state index < -0.39 is 5.97 Å². The van der Waals surface area contributed by atoms with Crippen molar-refractivity contribution in [3.63, 3.8) is 0 Å². The van der Waals surface area contributed by atoms with E-state index in [2.05, 4.69) is 4.98 Å². The van der Waals surface area contributed by atoms with Crippen molar-refractivity contribution in [2.45, 2.75) is 6.42 Å². The molecular weight excluding hydrogens is 309 g/mol. The molecule has 0 aliphatic rings. The smallest absolute Gasteiger partial charge is 0.309 e. The van der Waals surface area contributed by atoms with Crippen molar-refractivity contribution in [3.8, 4) is 11.1 Å². The predicted octanol–water partition coefficient (Wildman–Crippen LogP) is 4.34. The van der Waals surface area contributed by atoms with Crippen LogP contribution >= 0.6 is 34.8 Å². The Balaban J connectivity index is 2.43. The molecule has 1 heterocycles. The predicted molar refractivity (Wildman–Crippen MR) is 76.0 cm³/mol.